The lowest BCUT2D eigenvalue weighted by Gasteiger charge is -2.11. The van der Waals surface area contributed by atoms with E-state index in [0.717, 1.165) is 17.8 Å². The summed E-state index contributed by atoms with van der Waals surface area (Å²) >= 11 is 1.42. The van der Waals surface area contributed by atoms with Gasteiger partial charge in [0, 0.05) is 11.4 Å². The topological polar surface area (TPSA) is 142 Å². The lowest BCUT2D eigenvalue weighted by Crippen LogP contribution is -1.98. The molecule has 1 aromatic heterocycles. The fourth-order valence-electron chi connectivity index (χ4n) is 2.38. The first-order valence-electron chi connectivity index (χ1n) is 8.37. The number of aryl methyl sites for hydroxylation is 1. The fraction of sp³-hybridized carbons (Fsp3) is 0.111. The third-order valence-electron chi connectivity index (χ3n) is 3.75. The minimum atomic E-state index is -0.748. The first-order chi connectivity index (χ1) is 14.4. The van der Waals surface area contributed by atoms with Crippen molar-refractivity contribution < 1.29 is 19.3 Å². The normalized spacial score (nSPS) is 10.7. The quantitative estimate of drug-likeness (QED) is 0.313. The third kappa shape index (κ3) is 4.86. The lowest BCUT2D eigenvalue weighted by molar-refractivity contribution is -0.394. The van der Waals surface area contributed by atoms with Crippen molar-refractivity contribution in [1.29, 1.82) is 0 Å². The van der Waals surface area contributed by atoms with Crippen LogP contribution in [0.2, 0.25) is 0 Å². The standard InChI is InChI=1S/C18H15N5O6S/c1-11-10-30-18(20-11)21-19-9-12-3-5-16(17(7-12)28-2)29-15-6-4-13(22(24)25)8-14(15)23(26)27/h3-10H,1-2H3,(H,20,21). The van der Waals surface area contributed by atoms with Crippen molar-refractivity contribution in [3.8, 4) is 17.2 Å². The van der Waals surface area contributed by atoms with Gasteiger partial charge in [-0.3, -0.25) is 25.7 Å². The van der Waals surface area contributed by atoms with Gasteiger partial charge in [-0.25, -0.2) is 4.98 Å². The van der Waals surface area contributed by atoms with Crippen LogP contribution in [0.3, 0.4) is 0 Å². The molecular weight excluding hydrogens is 414 g/mol. The maximum atomic E-state index is 11.3. The van der Waals surface area contributed by atoms with Crippen LogP contribution >= 0.6 is 11.3 Å². The molecule has 0 fully saturated rings. The van der Waals surface area contributed by atoms with Crippen molar-refractivity contribution >= 4 is 34.1 Å². The predicted octanol–water partition coefficient (Wildman–Crippen LogP) is 4.51. The van der Waals surface area contributed by atoms with Crippen LogP contribution in [-0.2, 0) is 0 Å². The zero-order valence-corrected chi connectivity index (χ0v) is 16.6. The number of rotatable bonds is 8. The number of non-ortho nitro benzene ring substituents is 1. The van der Waals surface area contributed by atoms with Crippen molar-refractivity contribution in [2.24, 2.45) is 5.10 Å². The van der Waals surface area contributed by atoms with E-state index >= 15 is 0 Å². The summed E-state index contributed by atoms with van der Waals surface area (Å²) in [5.74, 6) is 0.359. The van der Waals surface area contributed by atoms with Gasteiger partial charge in [-0.15, -0.1) is 11.3 Å². The van der Waals surface area contributed by atoms with Gasteiger partial charge in [-0.1, -0.05) is 0 Å². The molecule has 11 nitrogen and oxygen atoms in total. The van der Waals surface area contributed by atoms with Gasteiger partial charge in [0.2, 0.25) is 10.9 Å². The number of nitro groups is 2. The zero-order chi connectivity index (χ0) is 21.7. The molecule has 30 heavy (non-hydrogen) atoms. The van der Waals surface area contributed by atoms with Crippen molar-refractivity contribution in [2.75, 3.05) is 12.5 Å². The van der Waals surface area contributed by atoms with E-state index in [9.17, 15) is 20.2 Å². The Bertz CT molecular complexity index is 1130. The number of nitrogens with zero attached hydrogens (tertiary/aromatic N) is 4. The largest absolute Gasteiger partial charge is 0.493 e. The molecule has 0 saturated heterocycles. The smallest absolute Gasteiger partial charge is 0.318 e. The number of hydrogen-bond acceptors (Lipinski definition) is 10. The van der Waals surface area contributed by atoms with E-state index < -0.39 is 21.2 Å². The Morgan fingerprint density at radius 3 is 2.50 bits per heavy atom. The Balaban J connectivity index is 1.81. The van der Waals surface area contributed by atoms with Gasteiger partial charge < -0.3 is 9.47 Å². The molecule has 0 aliphatic rings. The Labute approximate surface area is 173 Å². The van der Waals surface area contributed by atoms with Gasteiger partial charge in [-0.2, -0.15) is 5.10 Å². The minimum absolute atomic E-state index is 0.147. The van der Waals surface area contributed by atoms with Gasteiger partial charge in [0.05, 0.1) is 34.9 Å². The average molecular weight is 429 g/mol. The van der Waals surface area contributed by atoms with E-state index in [1.54, 1.807) is 24.4 Å². The van der Waals surface area contributed by atoms with E-state index in [1.165, 1.54) is 24.5 Å². The van der Waals surface area contributed by atoms with Crippen molar-refractivity contribution in [3.63, 3.8) is 0 Å². The summed E-state index contributed by atoms with van der Waals surface area (Å²) in [5, 5.41) is 28.8. The Morgan fingerprint density at radius 2 is 1.87 bits per heavy atom. The van der Waals surface area contributed by atoms with E-state index in [-0.39, 0.29) is 11.5 Å². The maximum absolute atomic E-state index is 11.3. The summed E-state index contributed by atoms with van der Waals surface area (Å²) in [6.07, 6.45) is 1.55. The molecule has 3 rings (SSSR count). The summed E-state index contributed by atoms with van der Waals surface area (Å²) in [7, 11) is 1.42. The van der Waals surface area contributed by atoms with E-state index in [4.69, 9.17) is 9.47 Å². The predicted molar refractivity (Wildman–Crippen MR) is 111 cm³/mol. The SMILES string of the molecule is COc1cc(C=NNc2nc(C)cs2)ccc1Oc1ccc([N+](=O)[O-])cc1[N+](=O)[O-]. The van der Waals surface area contributed by atoms with Gasteiger partial charge in [0.1, 0.15) is 0 Å². The molecule has 154 valence electrons. The summed E-state index contributed by atoms with van der Waals surface area (Å²) in [5.41, 5.74) is 3.45. The van der Waals surface area contributed by atoms with E-state index in [1.807, 2.05) is 12.3 Å². The third-order valence-corrected chi connectivity index (χ3v) is 4.62. The van der Waals surface area contributed by atoms with Crippen molar-refractivity contribution in [2.45, 2.75) is 6.92 Å². The maximum Gasteiger partial charge on any atom is 0.318 e. The second kappa shape index (κ2) is 8.96. The zero-order valence-electron chi connectivity index (χ0n) is 15.8. The van der Waals surface area contributed by atoms with Crippen LogP contribution < -0.4 is 14.9 Å². The molecule has 0 aliphatic heterocycles. The monoisotopic (exact) mass is 429 g/mol. The summed E-state index contributed by atoms with van der Waals surface area (Å²) < 4.78 is 10.9. The molecule has 0 aliphatic carbocycles. The average Bonchev–Trinajstić information content (AvgIpc) is 3.13. The molecule has 1 heterocycles. The molecule has 0 atom stereocenters. The van der Waals surface area contributed by atoms with Gasteiger partial charge >= 0.3 is 5.69 Å². The van der Waals surface area contributed by atoms with Crippen LogP contribution in [0.25, 0.3) is 0 Å². The first kappa shape index (κ1) is 20.7. The molecule has 0 bridgehead atoms. The molecule has 1 N–H and O–H groups in total. The Kier molecular flexibility index (Phi) is 6.17. The summed E-state index contributed by atoms with van der Waals surface area (Å²) in [6, 6.07) is 8.00. The second-order valence-corrected chi connectivity index (χ2v) is 6.70. The molecular formula is C18H15N5O6S. The minimum Gasteiger partial charge on any atom is -0.493 e. The molecule has 2 aromatic carbocycles. The molecule has 0 saturated carbocycles. The highest BCUT2D eigenvalue weighted by molar-refractivity contribution is 7.13. The lowest BCUT2D eigenvalue weighted by atomic mass is 10.2. The Hall–Kier alpha value is -4.06. The molecule has 0 amide bonds. The number of aromatic nitrogens is 1. The number of benzene rings is 2. The molecule has 0 unspecified atom stereocenters. The van der Waals surface area contributed by atoms with Crippen LogP contribution in [0, 0.1) is 27.2 Å². The highest BCUT2D eigenvalue weighted by atomic mass is 32.1. The number of methoxy groups -OCH3 is 1. The fourth-order valence-corrected chi connectivity index (χ4v) is 3.02. The number of thiazole rings is 1. The molecule has 12 heteroatoms. The van der Waals surface area contributed by atoms with Crippen LogP contribution in [0.1, 0.15) is 11.3 Å². The molecule has 3 aromatic rings. The van der Waals surface area contributed by atoms with E-state index in [0.29, 0.717) is 16.4 Å². The molecule has 0 spiro atoms. The van der Waals surface area contributed by atoms with Crippen molar-refractivity contribution in [3.05, 3.63) is 73.3 Å². The Morgan fingerprint density at radius 1 is 1.10 bits per heavy atom. The number of ether oxygens (including phenoxy) is 2. The summed E-state index contributed by atoms with van der Waals surface area (Å²) in [4.78, 5) is 24.9. The highest BCUT2D eigenvalue weighted by Crippen LogP contribution is 2.38. The molecule has 0 radical (unpaired) electrons. The number of nitrogens with one attached hydrogen (secondary N) is 1. The van der Waals surface area contributed by atoms with Gasteiger partial charge in [0.25, 0.3) is 5.69 Å². The number of hydrazone groups is 1. The second-order valence-electron chi connectivity index (χ2n) is 5.84. The van der Waals surface area contributed by atoms with Crippen LogP contribution in [0.15, 0.2) is 46.9 Å². The summed E-state index contributed by atoms with van der Waals surface area (Å²) in [6.45, 7) is 1.88. The number of hydrogen-bond donors (Lipinski definition) is 1. The number of anilines is 1. The van der Waals surface area contributed by atoms with Crippen LogP contribution in [0.4, 0.5) is 16.5 Å². The highest BCUT2D eigenvalue weighted by Gasteiger charge is 2.22. The van der Waals surface area contributed by atoms with Crippen LogP contribution in [0.5, 0.6) is 17.2 Å². The van der Waals surface area contributed by atoms with Gasteiger partial charge in [-0.05, 0) is 36.8 Å². The first-order valence-corrected chi connectivity index (χ1v) is 9.25. The van der Waals surface area contributed by atoms with Crippen LogP contribution in [-0.4, -0.2) is 28.2 Å². The van der Waals surface area contributed by atoms with E-state index in [2.05, 4.69) is 15.5 Å². The van der Waals surface area contributed by atoms with Crippen molar-refractivity contribution in [1.82, 2.24) is 4.98 Å². The number of nitro benzene ring substituents is 2. The van der Waals surface area contributed by atoms with Gasteiger partial charge in [0.15, 0.2) is 11.5 Å².